The molecule has 0 aliphatic carbocycles. The molecule has 1 aliphatic rings. The zero-order chi connectivity index (χ0) is 22.5. The SMILES string of the molecule is CCOc1cc(Cl)c(C=C2SC(=Nc3ccc(C(=O)OC)cc3)N(C)C2=O)cc1OC. The van der Waals surface area contributed by atoms with Crippen LogP contribution in [0.5, 0.6) is 11.5 Å². The molecule has 0 spiro atoms. The lowest BCUT2D eigenvalue weighted by Crippen LogP contribution is -2.23. The average molecular weight is 461 g/mol. The lowest BCUT2D eigenvalue weighted by Gasteiger charge is -2.11. The standard InChI is InChI=1S/C22H21ClN2O5S/c1-5-30-18-12-16(23)14(10-17(18)28-3)11-19-20(26)25(2)22(31-19)24-15-8-6-13(7-9-15)21(27)29-4/h6-12H,5H2,1-4H3. The number of esters is 1. The van der Waals surface area contributed by atoms with Crippen molar-refractivity contribution >= 4 is 52.2 Å². The van der Waals surface area contributed by atoms with E-state index in [0.717, 1.165) is 0 Å². The molecule has 0 saturated carbocycles. The van der Waals surface area contributed by atoms with Crippen molar-refractivity contribution in [2.45, 2.75) is 6.92 Å². The number of thioether (sulfide) groups is 1. The molecule has 1 aliphatic heterocycles. The highest BCUT2D eigenvalue weighted by molar-refractivity contribution is 8.18. The number of amides is 1. The first-order chi connectivity index (χ1) is 14.9. The Morgan fingerprint density at radius 2 is 1.90 bits per heavy atom. The van der Waals surface area contributed by atoms with E-state index in [2.05, 4.69) is 4.99 Å². The van der Waals surface area contributed by atoms with Crippen molar-refractivity contribution in [3.05, 3.63) is 57.5 Å². The maximum Gasteiger partial charge on any atom is 0.337 e. The molecule has 162 valence electrons. The molecular formula is C22H21ClN2O5S. The van der Waals surface area contributed by atoms with Gasteiger partial charge in [-0.1, -0.05) is 11.6 Å². The van der Waals surface area contributed by atoms with Gasteiger partial charge in [0.1, 0.15) is 0 Å². The van der Waals surface area contributed by atoms with Crippen molar-refractivity contribution in [2.75, 3.05) is 27.9 Å². The van der Waals surface area contributed by atoms with Crippen molar-refractivity contribution < 1.29 is 23.8 Å². The van der Waals surface area contributed by atoms with E-state index in [1.165, 1.54) is 23.8 Å². The van der Waals surface area contributed by atoms with Crippen molar-refractivity contribution in [2.24, 2.45) is 4.99 Å². The van der Waals surface area contributed by atoms with Gasteiger partial charge in [-0.2, -0.15) is 0 Å². The van der Waals surface area contributed by atoms with Crippen molar-refractivity contribution in [1.29, 1.82) is 0 Å². The third-order valence-corrected chi connectivity index (χ3v) is 5.77. The van der Waals surface area contributed by atoms with Crippen LogP contribution in [0.1, 0.15) is 22.8 Å². The van der Waals surface area contributed by atoms with Crippen LogP contribution in [-0.2, 0) is 9.53 Å². The van der Waals surface area contributed by atoms with Gasteiger partial charge < -0.3 is 14.2 Å². The van der Waals surface area contributed by atoms with Crippen molar-refractivity contribution in [3.63, 3.8) is 0 Å². The Labute approximate surface area is 189 Å². The van der Waals surface area contributed by atoms with Gasteiger partial charge in [-0.3, -0.25) is 9.69 Å². The van der Waals surface area contributed by atoms with Gasteiger partial charge in [0.15, 0.2) is 16.7 Å². The second kappa shape index (κ2) is 9.89. The van der Waals surface area contributed by atoms with Gasteiger partial charge in [0.25, 0.3) is 5.91 Å². The van der Waals surface area contributed by atoms with Gasteiger partial charge in [0.05, 0.1) is 42.0 Å². The molecule has 1 heterocycles. The summed E-state index contributed by atoms with van der Waals surface area (Å²) in [6.45, 7) is 2.35. The molecule has 1 saturated heterocycles. The number of ether oxygens (including phenoxy) is 3. The summed E-state index contributed by atoms with van der Waals surface area (Å²) in [5.74, 6) is 0.451. The molecule has 0 unspecified atom stereocenters. The molecule has 2 aromatic carbocycles. The van der Waals surface area contributed by atoms with Crippen molar-refractivity contribution in [3.8, 4) is 11.5 Å². The molecule has 1 amide bonds. The van der Waals surface area contributed by atoms with Crippen LogP contribution in [0.2, 0.25) is 5.02 Å². The normalized spacial score (nSPS) is 16.2. The molecule has 1 fully saturated rings. The third-order valence-electron chi connectivity index (χ3n) is 4.39. The maximum absolute atomic E-state index is 12.7. The summed E-state index contributed by atoms with van der Waals surface area (Å²) in [6, 6.07) is 10.0. The van der Waals surface area contributed by atoms with E-state index in [9.17, 15) is 9.59 Å². The molecule has 0 radical (unpaired) electrons. The average Bonchev–Trinajstić information content (AvgIpc) is 3.03. The zero-order valence-corrected chi connectivity index (χ0v) is 19.0. The minimum Gasteiger partial charge on any atom is -0.493 e. The van der Waals surface area contributed by atoms with Gasteiger partial charge in [0.2, 0.25) is 0 Å². The van der Waals surface area contributed by atoms with Crippen LogP contribution in [0, 0.1) is 0 Å². The third kappa shape index (κ3) is 5.03. The topological polar surface area (TPSA) is 77.4 Å². The summed E-state index contributed by atoms with van der Waals surface area (Å²) in [5.41, 5.74) is 1.67. The Morgan fingerprint density at radius 1 is 1.19 bits per heavy atom. The van der Waals surface area contributed by atoms with Crippen LogP contribution < -0.4 is 9.47 Å². The second-order valence-corrected chi connectivity index (χ2v) is 7.78. The molecule has 7 nitrogen and oxygen atoms in total. The van der Waals surface area contributed by atoms with E-state index >= 15 is 0 Å². The Balaban J connectivity index is 1.88. The predicted molar refractivity (Wildman–Crippen MR) is 122 cm³/mol. The van der Waals surface area contributed by atoms with Crippen LogP contribution in [-0.4, -0.2) is 49.8 Å². The molecular weight excluding hydrogens is 440 g/mol. The highest BCUT2D eigenvalue weighted by Gasteiger charge is 2.30. The summed E-state index contributed by atoms with van der Waals surface area (Å²) in [5, 5.41) is 0.952. The van der Waals surface area contributed by atoms with E-state index in [1.807, 2.05) is 6.92 Å². The number of likely N-dealkylation sites (N-methyl/N-ethyl adjacent to an activating group) is 1. The Kier molecular flexibility index (Phi) is 7.25. The van der Waals surface area contributed by atoms with E-state index < -0.39 is 5.97 Å². The monoisotopic (exact) mass is 460 g/mol. The minimum atomic E-state index is -0.422. The molecule has 9 heteroatoms. The van der Waals surface area contributed by atoms with Crippen LogP contribution in [0.3, 0.4) is 0 Å². The van der Waals surface area contributed by atoms with E-state index in [-0.39, 0.29) is 5.91 Å². The van der Waals surface area contributed by atoms with Crippen LogP contribution in [0.25, 0.3) is 6.08 Å². The number of hydrogen-bond acceptors (Lipinski definition) is 7. The number of carbonyl (C=O) groups is 2. The van der Waals surface area contributed by atoms with Gasteiger partial charge in [0, 0.05) is 13.1 Å². The fourth-order valence-electron chi connectivity index (χ4n) is 2.78. The van der Waals surface area contributed by atoms with Gasteiger partial charge in [-0.05, 0) is 60.7 Å². The highest BCUT2D eigenvalue weighted by atomic mass is 35.5. The Morgan fingerprint density at radius 3 is 2.52 bits per heavy atom. The lowest BCUT2D eigenvalue weighted by atomic mass is 10.1. The molecule has 2 aromatic rings. The van der Waals surface area contributed by atoms with Gasteiger partial charge in [-0.15, -0.1) is 0 Å². The Bertz CT molecular complexity index is 1070. The highest BCUT2D eigenvalue weighted by Crippen LogP contribution is 2.38. The fraction of sp³-hybridized carbons (Fsp3) is 0.227. The molecule has 0 N–H and O–H groups in total. The second-order valence-electron chi connectivity index (χ2n) is 6.37. The quantitative estimate of drug-likeness (QED) is 0.456. The number of amidine groups is 1. The number of benzene rings is 2. The largest absolute Gasteiger partial charge is 0.493 e. The first-order valence-corrected chi connectivity index (χ1v) is 10.5. The molecule has 31 heavy (non-hydrogen) atoms. The molecule has 0 atom stereocenters. The van der Waals surface area contributed by atoms with E-state index in [4.69, 9.17) is 25.8 Å². The number of carbonyl (C=O) groups excluding carboxylic acids is 2. The maximum atomic E-state index is 12.7. The smallest absolute Gasteiger partial charge is 0.337 e. The first kappa shape index (κ1) is 22.7. The number of halogens is 1. The number of methoxy groups -OCH3 is 2. The molecule has 0 bridgehead atoms. The summed E-state index contributed by atoms with van der Waals surface area (Å²) in [6.07, 6.45) is 1.70. The lowest BCUT2D eigenvalue weighted by molar-refractivity contribution is -0.121. The molecule has 3 rings (SSSR count). The summed E-state index contributed by atoms with van der Waals surface area (Å²) in [7, 11) is 4.52. The summed E-state index contributed by atoms with van der Waals surface area (Å²) < 4.78 is 15.6. The Hall–Kier alpha value is -2.97. The van der Waals surface area contributed by atoms with Crippen LogP contribution in [0.4, 0.5) is 5.69 Å². The van der Waals surface area contributed by atoms with Crippen LogP contribution >= 0.6 is 23.4 Å². The fourth-order valence-corrected chi connectivity index (χ4v) is 3.97. The number of rotatable bonds is 6. The predicted octanol–water partition coefficient (Wildman–Crippen LogP) is 4.77. The number of nitrogens with zero attached hydrogens (tertiary/aromatic N) is 2. The molecule has 0 aromatic heterocycles. The summed E-state index contributed by atoms with van der Waals surface area (Å²) in [4.78, 5) is 30.7. The van der Waals surface area contributed by atoms with Crippen LogP contribution in [0.15, 0.2) is 46.3 Å². The number of aliphatic imine (C=N–C) groups is 1. The van der Waals surface area contributed by atoms with Gasteiger partial charge in [-0.25, -0.2) is 9.79 Å². The zero-order valence-electron chi connectivity index (χ0n) is 17.5. The van der Waals surface area contributed by atoms with Crippen molar-refractivity contribution in [1.82, 2.24) is 4.90 Å². The summed E-state index contributed by atoms with van der Waals surface area (Å²) >= 11 is 7.63. The van der Waals surface area contributed by atoms with E-state index in [0.29, 0.717) is 50.0 Å². The minimum absolute atomic E-state index is 0.196. The number of hydrogen-bond donors (Lipinski definition) is 0. The van der Waals surface area contributed by atoms with E-state index in [1.54, 1.807) is 56.6 Å². The first-order valence-electron chi connectivity index (χ1n) is 9.33. The van der Waals surface area contributed by atoms with Gasteiger partial charge >= 0.3 is 5.97 Å².